The van der Waals surface area contributed by atoms with E-state index in [1.54, 1.807) is 0 Å². The molecule has 0 spiro atoms. The van der Waals surface area contributed by atoms with E-state index in [1.165, 1.54) is 6.08 Å². The molecule has 0 saturated heterocycles. The molecule has 74 valence electrons. The number of hydrogen-bond donors (Lipinski definition) is 0. The Morgan fingerprint density at radius 3 is 2.38 bits per heavy atom. The molecular weight excluding hydrogens is 166 g/mol. The van der Waals surface area contributed by atoms with Gasteiger partial charge < -0.3 is 0 Å². The summed E-state index contributed by atoms with van der Waals surface area (Å²) in [5.74, 6) is -0.101. The minimum atomic E-state index is -0.369. The molecule has 0 saturated carbocycles. The van der Waals surface area contributed by atoms with Crippen LogP contribution in [0, 0.1) is 11.3 Å². The number of aliphatic imine (C=N–C) groups is 1. The first-order valence-electron chi connectivity index (χ1n) is 4.46. The Morgan fingerprint density at radius 1 is 1.46 bits per heavy atom. The average molecular weight is 183 g/mol. The predicted octanol–water partition coefficient (Wildman–Crippen LogP) is 2.31. The van der Waals surface area contributed by atoms with Gasteiger partial charge in [0.25, 0.3) is 5.91 Å². The number of carbonyl (C=O) groups excluding carboxylic acids is 2. The van der Waals surface area contributed by atoms with Crippen LogP contribution in [0.15, 0.2) is 4.99 Å². The van der Waals surface area contributed by atoms with Gasteiger partial charge in [-0.1, -0.05) is 27.7 Å². The van der Waals surface area contributed by atoms with Gasteiger partial charge in [-0.05, 0) is 17.8 Å². The lowest BCUT2D eigenvalue weighted by Crippen LogP contribution is -2.13. The van der Waals surface area contributed by atoms with Crippen LogP contribution in [0.5, 0.6) is 0 Å². The van der Waals surface area contributed by atoms with Crippen LogP contribution < -0.4 is 0 Å². The highest BCUT2D eigenvalue weighted by Gasteiger charge is 2.17. The molecule has 0 N–H and O–H groups in total. The number of amides is 1. The van der Waals surface area contributed by atoms with Gasteiger partial charge in [0.05, 0.1) is 0 Å². The molecule has 0 heterocycles. The molecule has 0 rings (SSSR count). The molecule has 0 fully saturated rings. The summed E-state index contributed by atoms with van der Waals surface area (Å²) in [6.07, 6.45) is 2.55. The molecule has 0 aliphatic heterocycles. The van der Waals surface area contributed by atoms with Gasteiger partial charge >= 0.3 is 0 Å². The molecule has 1 amide bonds. The van der Waals surface area contributed by atoms with Crippen molar-refractivity contribution in [1.82, 2.24) is 0 Å². The van der Waals surface area contributed by atoms with Gasteiger partial charge in [0.1, 0.15) is 0 Å². The van der Waals surface area contributed by atoms with Crippen molar-refractivity contribution in [3.63, 3.8) is 0 Å². The van der Waals surface area contributed by atoms with Crippen molar-refractivity contribution >= 4 is 12.0 Å². The molecular formula is C10H17NO2. The summed E-state index contributed by atoms with van der Waals surface area (Å²) >= 11 is 0. The highest BCUT2D eigenvalue weighted by molar-refractivity contribution is 5.81. The van der Waals surface area contributed by atoms with E-state index in [1.807, 2.05) is 6.92 Å². The average Bonchev–Trinajstić information content (AvgIpc) is 1.81. The molecule has 3 heteroatoms. The Hall–Kier alpha value is -0.950. The summed E-state index contributed by atoms with van der Waals surface area (Å²) in [4.78, 5) is 23.7. The normalized spacial score (nSPS) is 13.2. The van der Waals surface area contributed by atoms with E-state index in [4.69, 9.17) is 0 Å². The van der Waals surface area contributed by atoms with Crippen molar-refractivity contribution in [2.75, 3.05) is 0 Å². The van der Waals surface area contributed by atoms with Crippen LogP contribution in [0.1, 0.15) is 40.5 Å². The standard InChI is InChI=1S/C10H17NO2/c1-8(6-10(2,3)4)5-9(13)11-7-12/h8H,5-6H2,1-4H3. The molecule has 0 radical (unpaired) electrons. The van der Waals surface area contributed by atoms with Gasteiger partial charge in [-0.25, -0.2) is 4.79 Å². The summed E-state index contributed by atoms with van der Waals surface area (Å²) in [6.45, 7) is 8.36. The molecule has 13 heavy (non-hydrogen) atoms. The van der Waals surface area contributed by atoms with Crippen molar-refractivity contribution in [2.24, 2.45) is 16.3 Å². The largest absolute Gasteiger partial charge is 0.272 e. The predicted molar refractivity (Wildman–Crippen MR) is 51.0 cm³/mol. The lowest BCUT2D eigenvalue weighted by atomic mass is 9.84. The first-order valence-corrected chi connectivity index (χ1v) is 4.46. The van der Waals surface area contributed by atoms with Gasteiger partial charge in [-0.15, -0.1) is 4.99 Å². The van der Waals surface area contributed by atoms with Crippen molar-refractivity contribution in [1.29, 1.82) is 0 Å². The van der Waals surface area contributed by atoms with E-state index in [0.29, 0.717) is 6.42 Å². The zero-order chi connectivity index (χ0) is 10.5. The number of carbonyl (C=O) groups is 1. The summed E-state index contributed by atoms with van der Waals surface area (Å²) in [5.41, 5.74) is 0.213. The van der Waals surface area contributed by atoms with E-state index in [0.717, 1.165) is 6.42 Å². The topological polar surface area (TPSA) is 46.5 Å². The van der Waals surface area contributed by atoms with Crippen LogP contribution >= 0.6 is 0 Å². The Kier molecular flexibility index (Phi) is 4.57. The molecule has 0 bridgehead atoms. The van der Waals surface area contributed by atoms with E-state index in [2.05, 4.69) is 25.8 Å². The van der Waals surface area contributed by atoms with Gasteiger partial charge in [-0.3, -0.25) is 4.79 Å². The maximum absolute atomic E-state index is 10.9. The van der Waals surface area contributed by atoms with Crippen molar-refractivity contribution in [3.05, 3.63) is 0 Å². The number of rotatable bonds is 3. The van der Waals surface area contributed by atoms with E-state index in [9.17, 15) is 9.59 Å². The second-order valence-electron chi connectivity index (χ2n) is 4.67. The molecule has 1 unspecified atom stereocenters. The molecule has 1 atom stereocenters. The molecule has 0 aliphatic rings. The lowest BCUT2D eigenvalue weighted by Gasteiger charge is -2.21. The number of hydrogen-bond acceptors (Lipinski definition) is 2. The minimum absolute atomic E-state index is 0.213. The third-order valence-corrected chi connectivity index (χ3v) is 1.65. The quantitative estimate of drug-likeness (QED) is 0.498. The fraction of sp³-hybridized carbons (Fsp3) is 0.800. The van der Waals surface area contributed by atoms with Crippen molar-refractivity contribution in [3.8, 4) is 0 Å². The van der Waals surface area contributed by atoms with Crippen LogP contribution in [0.2, 0.25) is 0 Å². The summed E-state index contributed by atoms with van der Waals surface area (Å²) < 4.78 is 0. The SMILES string of the molecule is CC(CC(=O)N=C=O)CC(C)(C)C. The second-order valence-corrected chi connectivity index (χ2v) is 4.67. The van der Waals surface area contributed by atoms with E-state index >= 15 is 0 Å². The zero-order valence-electron chi connectivity index (χ0n) is 8.76. The van der Waals surface area contributed by atoms with Crippen LogP contribution in [0.3, 0.4) is 0 Å². The Balaban J connectivity index is 3.94. The third kappa shape index (κ3) is 7.41. The van der Waals surface area contributed by atoms with E-state index in [-0.39, 0.29) is 17.2 Å². The third-order valence-electron chi connectivity index (χ3n) is 1.65. The van der Waals surface area contributed by atoms with Crippen LogP contribution in [0.4, 0.5) is 0 Å². The highest BCUT2D eigenvalue weighted by atomic mass is 16.2. The monoisotopic (exact) mass is 183 g/mol. The summed E-state index contributed by atoms with van der Waals surface area (Å²) in [5, 5.41) is 0. The van der Waals surface area contributed by atoms with Crippen LogP contribution in [0.25, 0.3) is 0 Å². The lowest BCUT2D eigenvalue weighted by molar-refractivity contribution is -0.118. The highest BCUT2D eigenvalue weighted by Crippen LogP contribution is 2.25. The summed E-state index contributed by atoms with van der Waals surface area (Å²) in [7, 11) is 0. The minimum Gasteiger partial charge on any atom is -0.272 e. The first kappa shape index (κ1) is 12.0. The molecule has 0 aromatic rings. The molecule has 0 aliphatic carbocycles. The Morgan fingerprint density at radius 2 is 2.00 bits per heavy atom. The number of isocyanates is 1. The zero-order valence-corrected chi connectivity index (χ0v) is 8.76. The van der Waals surface area contributed by atoms with Gasteiger partial charge in [-0.2, -0.15) is 0 Å². The fourth-order valence-corrected chi connectivity index (χ4v) is 1.51. The van der Waals surface area contributed by atoms with Gasteiger partial charge in [0.15, 0.2) is 0 Å². The fourth-order valence-electron chi connectivity index (χ4n) is 1.51. The van der Waals surface area contributed by atoms with Crippen LogP contribution in [-0.2, 0) is 9.59 Å². The molecule has 0 aromatic carbocycles. The summed E-state index contributed by atoms with van der Waals surface area (Å²) in [6, 6.07) is 0. The maximum atomic E-state index is 10.9. The second kappa shape index (κ2) is 4.93. The Labute approximate surface area is 79.2 Å². The van der Waals surface area contributed by atoms with Gasteiger partial charge in [0.2, 0.25) is 6.08 Å². The molecule has 3 nitrogen and oxygen atoms in total. The smallest absolute Gasteiger partial charge is 0.256 e. The van der Waals surface area contributed by atoms with Crippen molar-refractivity contribution < 1.29 is 9.59 Å². The Bertz CT molecular complexity index is 222. The van der Waals surface area contributed by atoms with Gasteiger partial charge in [0, 0.05) is 6.42 Å². The number of nitrogens with zero attached hydrogens (tertiary/aromatic N) is 1. The molecule has 0 aromatic heterocycles. The first-order chi connectivity index (χ1) is 5.85. The van der Waals surface area contributed by atoms with E-state index < -0.39 is 0 Å². The maximum Gasteiger partial charge on any atom is 0.256 e. The van der Waals surface area contributed by atoms with Crippen LogP contribution in [-0.4, -0.2) is 12.0 Å². The van der Waals surface area contributed by atoms with Crippen molar-refractivity contribution in [2.45, 2.75) is 40.5 Å².